The maximum Gasteiger partial charge on any atom is 0.223 e. The van der Waals surface area contributed by atoms with Crippen molar-refractivity contribution >= 4 is 15.7 Å². The zero-order chi connectivity index (χ0) is 14.6. The van der Waals surface area contributed by atoms with E-state index in [4.69, 9.17) is 0 Å². The zero-order valence-electron chi connectivity index (χ0n) is 11.5. The second-order valence-electron chi connectivity index (χ2n) is 5.15. The minimum absolute atomic E-state index is 0.148. The molecule has 0 aliphatic carbocycles. The maximum absolute atomic E-state index is 13.2. The summed E-state index contributed by atoms with van der Waals surface area (Å²) in [6.07, 6.45) is 3.48. The van der Waals surface area contributed by atoms with Crippen LogP contribution in [0.15, 0.2) is 11.5 Å². The van der Waals surface area contributed by atoms with Gasteiger partial charge in [0.1, 0.15) is 0 Å². The van der Waals surface area contributed by atoms with Gasteiger partial charge in [0, 0.05) is 36.2 Å². The summed E-state index contributed by atoms with van der Waals surface area (Å²) in [5.74, 6) is -0.360. The molecule has 0 radical (unpaired) electrons. The van der Waals surface area contributed by atoms with Crippen molar-refractivity contribution in [3.8, 4) is 0 Å². The second kappa shape index (κ2) is 6.47. The summed E-state index contributed by atoms with van der Waals surface area (Å²) in [6, 6.07) is -0.618. The highest BCUT2D eigenvalue weighted by Crippen LogP contribution is 2.23. The van der Waals surface area contributed by atoms with Crippen molar-refractivity contribution in [3.05, 3.63) is 11.5 Å². The minimum Gasteiger partial charge on any atom is -0.350 e. The Hall–Kier alpha value is -0.950. The fraction of sp³-hybridized carbons (Fsp3) is 0.750. The Morgan fingerprint density at radius 1 is 1.53 bits per heavy atom. The summed E-state index contributed by atoms with van der Waals surface area (Å²) in [4.78, 5) is 11.9. The summed E-state index contributed by atoms with van der Waals surface area (Å²) >= 11 is 0. The van der Waals surface area contributed by atoms with E-state index in [9.17, 15) is 17.7 Å². The van der Waals surface area contributed by atoms with Crippen molar-refractivity contribution in [2.45, 2.75) is 38.8 Å². The smallest absolute Gasteiger partial charge is 0.223 e. The third-order valence-corrected chi connectivity index (χ3v) is 3.80. The van der Waals surface area contributed by atoms with E-state index in [1.807, 2.05) is 0 Å². The number of nitrogens with one attached hydrogen (secondary N) is 1. The van der Waals surface area contributed by atoms with Crippen molar-refractivity contribution < 1.29 is 17.7 Å². The Morgan fingerprint density at radius 3 is 2.68 bits per heavy atom. The normalized spacial score (nSPS) is 27.4. The van der Waals surface area contributed by atoms with Crippen LogP contribution in [0.5, 0.6) is 0 Å². The van der Waals surface area contributed by atoms with E-state index in [0.29, 0.717) is 12.8 Å². The molecule has 1 fully saturated rings. The lowest BCUT2D eigenvalue weighted by molar-refractivity contribution is -0.130. The number of halogens is 1. The summed E-state index contributed by atoms with van der Waals surface area (Å²) in [6.45, 7) is 3.70. The van der Waals surface area contributed by atoms with Crippen molar-refractivity contribution in [1.82, 2.24) is 10.4 Å². The van der Waals surface area contributed by atoms with Crippen molar-refractivity contribution in [2.24, 2.45) is 5.92 Å². The lowest BCUT2D eigenvalue weighted by atomic mass is 9.92. The van der Waals surface area contributed by atoms with Crippen LogP contribution in [0.1, 0.15) is 26.7 Å². The average Bonchev–Trinajstić information content (AvgIpc) is 2.29. The summed E-state index contributed by atoms with van der Waals surface area (Å²) in [5.41, 5.74) is 0. The number of sulfone groups is 1. The summed E-state index contributed by atoms with van der Waals surface area (Å²) in [5, 5.41) is 4.55. The van der Waals surface area contributed by atoms with Gasteiger partial charge in [-0.25, -0.2) is 8.42 Å². The van der Waals surface area contributed by atoms with Gasteiger partial charge in [-0.2, -0.15) is 0 Å². The van der Waals surface area contributed by atoms with Gasteiger partial charge in [0.2, 0.25) is 5.91 Å². The van der Waals surface area contributed by atoms with Crippen LogP contribution in [0, 0.1) is 5.92 Å². The molecule has 0 saturated carbocycles. The number of carbonyl (C=O) groups is 1. The van der Waals surface area contributed by atoms with Crippen LogP contribution < -0.4 is 5.32 Å². The largest absolute Gasteiger partial charge is 0.350 e. The number of rotatable bonds is 4. The maximum atomic E-state index is 13.2. The lowest BCUT2D eigenvalue weighted by Crippen LogP contribution is -2.43. The van der Waals surface area contributed by atoms with E-state index in [1.165, 1.54) is 6.08 Å². The van der Waals surface area contributed by atoms with Crippen LogP contribution in [0.4, 0.5) is 4.48 Å². The quantitative estimate of drug-likeness (QED) is 0.786. The van der Waals surface area contributed by atoms with Gasteiger partial charge in [0.25, 0.3) is 0 Å². The number of nitrogens with zero attached hydrogens (tertiary/aromatic N) is 1. The van der Waals surface area contributed by atoms with Crippen LogP contribution in [0.25, 0.3) is 0 Å². The first-order valence-corrected chi connectivity index (χ1v) is 8.25. The number of carbonyl (C=O) groups excluding carboxylic acids is 1. The molecule has 3 atom stereocenters. The molecule has 1 aliphatic heterocycles. The molecule has 0 aromatic carbocycles. The van der Waals surface area contributed by atoms with E-state index in [1.54, 1.807) is 13.8 Å². The Labute approximate surface area is 113 Å². The van der Waals surface area contributed by atoms with Gasteiger partial charge >= 0.3 is 0 Å². The third-order valence-electron chi connectivity index (χ3n) is 3.15. The molecule has 1 N–H and O–H groups in total. The van der Waals surface area contributed by atoms with E-state index in [2.05, 4.69) is 5.32 Å². The van der Waals surface area contributed by atoms with Crippen molar-refractivity contribution in [1.29, 1.82) is 0 Å². The van der Waals surface area contributed by atoms with Gasteiger partial charge in [-0.3, -0.25) is 4.79 Å². The molecule has 0 bridgehead atoms. The van der Waals surface area contributed by atoms with E-state index < -0.39 is 9.84 Å². The first-order valence-electron chi connectivity index (χ1n) is 6.30. The van der Waals surface area contributed by atoms with E-state index >= 15 is 0 Å². The SMILES string of the molecule is CC1CC(C(=O)N[C@H](C)/C=C\S(C)(=O)=O)CCN1F. The molecule has 0 aromatic heterocycles. The molecule has 2 unspecified atom stereocenters. The second-order valence-corrected chi connectivity index (χ2v) is 7.08. The van der Waals surface area contributed by atoms with Crippen LogP contribution in [-0.4, -0.2) is 44.3 Å². The highest BCUT2D eigenvalue weighted by Gasteiger charge is 2.30. The Bertz CT molecular complexity index is 450. The first kappa shape index (κ1) is 16.1. The van der Waals surface area contributed by atoms with Crippen LogP contribution >= 0.6 is 0 Å². The molecule has 110 valence electrons. The zero-order valence-corrected chi connectivity index (χ0v) is 12.3. The Balaban J connectivity index is 2.49. The van der Waals surface area contributed by atoms with Crippen LogP contribution in [0.3, 0.4) is 0 Å². The van der Waals surface area contributed by atoms with Gasteiger partial charge in [0.15, 0.2) is 9.84 Å². The molecule has 1 aliphatic rings. The fourth-order valence-electron chi connectivity index (χ4n) is 2.03. The van der Waals surface area contributed by atoms with Crippen LogP contribution in [-0.2, 0) is 14.6 Å². The molecule has 1 saturated heterocycles. The van der Waals surface area contributed by atoms with Crippen LogP contribution in [0.2, 0.25) is 0 Å². The molecular formula is C12H21FN2O3S. The van der Waals surface area contributed by atoms with Gasteiger partial charge in [-0.15, -0.1) is 9.60 Å². The Morgan fingerprint density at radius 2 is 2.16 bits per heavy atom. The molecule has 1 rings (SSSR count). The molecule has 1 heterocycles. The predicted molar refractivity (Wildman–Crippen MR) is 71.6 cm³/mol. The molecular weight excluding hydrogens is 271 g/mol. The summed E-state index contributed by atoms with van der Waals surface area (Å²) < 4.78 is 35.1. The monoisotopic (exact) mass is 292 g/mol. The number of piperidine rings is 1. The number of hydrogen-bond acceptors (Lipinski definition) is 4. The van der Waals surface area contributed by atoms with Gasteiger partial charge in [0.05, 0.1) is 0 Å². The molecule has 0 spiro atoms. The molecule has 19 heavy (non-hydrogen) atoms. The number of hydrogen-bond donors (Lipinski definition) is 1. The highest BCUT2D eigenvalue weighted by atomic mass is 32.2. The molecule has 1 amide bonds. The Kier molecular flexibility index (Phi) is 5.49. The van der Waals surface area contributed by atoms with E-state index in [-0.39, 0.29) is 30.5 Å². The topological polar surface area (TPSA) is 66.5 Å². The highest BCUT2D eigenvalue weighted by molar-refractivity contribution is 7.93. The molecule has 5 nitrogen and oxygen atoms in total. The molecule has 0 aromatic rings. The van der Waals surface area contributed by atoms with Crippen molar-refractivity contribution in [2.75, 3.05) is 12.8 Å². The van der Waals surface area contributed by atoms with Gasteiger partial charge in [-0.1, -0.05) is 6.08 Å². The first-order chi connectivity index (χ1) is 8.69. The van der Waals surface area contributed by atoms with Crippen molar-refractivity contribution in [3.63, 3.8) is 0 Å². The number of amides is 1. The average molecular weight is 292 g/mol. The minimum atomic E-state index is -3.18. The predicted octanol–water partition coefficient (Wildman–Crippen LogP) is 1.03. The summed E-state index contributed by atoms with van der Waals surface area (Å²) in [7, 11) is -3.18. The standard InChI is InChI=1S/C12H21FN2O3S/c1-9(5-7-19(3,17)18)14-12(16)11-4-6-15(13)10(2)8-11/h5,7,9-11H,4,6,8H2,1-3H3,(H,14,16)/b7-5-/t9-,10?,11?/m1/s1. The lowest BCUT2D eigenvalue weighted by Gasteiger charge is -2.31. The molecule has 7 heteroatoms. The fourth-order valence-corrected chi connectivity index (χ4v) is 2.55. The third kappa shape index (κ3) is 5.69. The van der Waals surface area contributed by atoms with Gasteiger partial charge in [-0.05, 0) is 26.7 Å². The van der Waals surface area contributed by atoms with Gasteiger partial charge < -0.3 is 5.32 Å². The van der Waals surface area contributed by atoms with E-state index in [0.717, 1.165) is 16.8 Å².